The standard InChI is InChI=1S/C11H11FN4OS/c12-7-3-1-2-6(4-7)5-15-11-8(10(14)17)9(13)16-18-11/h1-4,15H,5H2,(H2,13,16)(H2,14,17). The van der Waals surface area contributed by atoms with Gasteiger partial charge in [0.25, 0.3) is 5.91 Å². The van der Waals surface area contributed by atoms with Gasteiger partial charge in [-0.05, 0) is 29.2 Å². The molecule has 0 saturated carbocycles. The van der Waals surface area contributed by atoms with Crippen LogP contribution in [0, 0.1) is 5.82 Å². The lowest BCUT2D eigenvalue weighted by molar-refractivity contribution is 0.100. The third kappa shape index (κ3) is 2.57. The van der Waals surface area contributed by atoms with E-state index in [0.717, 1.165) is 17.1 Å². The zero-order valence-corrected chi connectivity index (χ0v) is 10.1. The zero-order chi connectivity index (χ0) is 13.1. The van der Waals surface area contributed by atoms with Crippen molar-refractivity contribution in [3.63, 3.8) is 0 Å². The lowest BCUT2D eigenvalue weighted by Gasteiger charge is -2.05. The summed E-state index contributed by atoms with van der Waals surface area (Å²) in [6.45, 7) is 0.361. The second kappa shape index (κ2) is 5.01. The first-order chi connectivity index (χ1) is 8.58. The van der Waals surface area contributed by atoms with E-state index in [9.17, 15) is 9.18 Å². The first-order valence-corrected chi connectivity index (χ1v) is 5.88. The normalized spacial score (nSPS) is 10.3. The zero-order valence-electron chi connectivity index (χ0n) is 9.31. The first kappa shape index (κ1) is 12.3. The summed E-state index contributed by atoms with van der Waals surface area (Å²) in [6, 6.07) is 6.15. The van der Waals surface area contributed by atoms with Crippen molar-refractivity contribution in [3.05, 3.63) is 41.2 Å². The predicted octanol–water partition coefficient (Wildman–Crippen LogP) is 1.58. The highest BCUT2D eigenvalue weighted by Crippen LogP contribution is 2.26. The van der Waals surface area contributed by atoms with Crippen molar-refractivity contribution in [2.45, 2.75) is 6.54 Å². The van der Waals surface area contributed by atoms with Gasteiger partial charge in [0.15, 0.2) is 5.82 Å². The second-order valence-electron chi connectivity index (χ2n) is 3.62. The van der Waals surface area contributed by atoms with Crippen molar-refractivity contribution < 1.29 is 9.18 Å². The Balaban J connectivity index is 2.13. The minimum atomic E-state index is -0.636. The SMILES string of the molecule is NC(=O)c1c(N)nsc1NCc1cccc(F)c1. The van der Waals surface area contributed by atoms with Crippen LogP contribution in [0.1, 0.15) is 15.9 Å². The maximum atomic E-state index is 13.0. The third-order valence-corrected chi connectivity index (χ3v) is 3.13. The Morgan fingerprint density at radius 3 is 2.94 bits per heavy atom. The number of halogens is 1. The van der Waals surface area contributed by atoms with E-state index in [1.165, 1.54) is 12.1 Å². The molecule has 1 amide bonds. The van der Waals surface area contributed by atoms with E-state index >= 15 is 0 Å². The smallest absolute Gasteiger partial charge is 0.255 e. The molecule has 0 aliphatic carbocycles. The number of nitrogen functional groups attached to an aromatic ring is 1. The number of amides is 1. The number of nitrogens with two attached hydrogens (primary N) is 2. The molecule has 1 aromatic heterocycles. The minimum absolute atomic E-state index is 0.106. The maximum Gasteiger partial charge on any atom is 0.255 e. The molecule has 0 fully saturated rings. The van der Waals surface area contributed by atoms with Crippen LogP contribution in [0.25, 0.3) is 0 Å². The number of rotatable bonds is 4. The van der Waals surface area contributed by atoms with Crippen LogP contribution < -0.4 is 16.8 Å². The van der Waals surface area contributed by atoms with Gasteiger partial charge in [-0.25, -0.2) is 4.39 Å². The number of anilines is 2. The number of carbonyl (C=O) groups excluding carboxylic acids is 1. The van der Waals surface area contributed by atoms with Gasteiger partial charge in [-0.15, -0.1) is 0 Å². The molecule has 5 N–H and O–H groups in total. The third-order valence-electron chi connectivity index (χ3n) is 2.31. The summed E-state index contributed by atoms with van der Waals surface area (Å²) in [7, 11) is 0. The van der Waals surface area contributed by atoms with E-state index in [1.807, 2.05) is 0 Å². The molecule has 2 rings (SSSR count). The molecule has 2 aromatic rings. The fourth-order valence-corrected chi connectivity index (χ4v) is 2.20. The number of primary amides is 1. The molecule has 1 heterocycles. The molecule has 0 bridgehead atoms. The number of hydrogen-bond acceptors (Lipinski definition) is 5. The van der Waals surface area contributed by atoms with Crippen LogP contribution in [-0.4, -0.2) is 10.3 Å². The molecule has 0 atom stereocenters. The van der Waals surface area contributed by atoms with Gasteiger partial charge in [-0.2, -0.15) is 4.37 Å². The van der Waals surface area contributed by atoms with Crippen LogP contribution in [0.3, 0.4) is 0 Å². The van der Waals surface area contributed by atoms with Crippen molar-refractivity contribution >= 4 is 28.3 Å². The molecular weight excluding hydrogens is 255 g/mol. The van der Waals surface area contributed by atoms with Crippen molar-refractivity contribution in [1.29, 1.82) is 0 Å². The summed E-state index contributed by atoms with van der Waals surface area (Å²) in [5.74, 6) is -0.842. The summed E-state index contributed by atoms with van der Waals surface area (Å²) in [5, 5.41) is 3.46. The molecule has 1 aromatic carbocycles. The minimum Gasteiger partial charge on any atom is -0.382 e. The van der Waals surface area contributed by atoms with E-state index < -0.39 is 5.91 Å². The van der Waals surface area contributed by atoms with E-state index in [0.29, 0.717) is 11.5 Å². The van der Waals surface area contributed by atoms with Crippen molar-refractivity contribution in [2.24, 2.45) is 5.73 Å². The Morgan fingerprint density at radius 2 is 2.28 bits per heavy atom. The molecule has 5 nitrogen and oxygen atoms in total. The molecule has 0 aliphatic rings. The topological polar surface area (TPSA) is 94.0 Å². The lowest BCUT2D eigenvalue weighted by atomic mass is 10.2. The van der Waals surface area contributed by atoms with Crippen molar-refractivity contribution in [1.82, 2.24) is 4.37 Å². The van der Waals surface area contributed by atoms with Gasteiger partial charge in [0, 0.05) is 6.54 Å². The van der Waals surface area contributed by atoms with Crippen molar-refractivity contribution in [3.8, 4) is 0 Å². The summed E-state index contributed by atoms with van der Waals surface area (Å²) in [5.41, 5.74) is 11.7. The quantitative estimate of drug-likeness (QED) is 0.783. The number of benzene rings is 1. The molecule has 94 valence electrons. The van der Waals surface area contributed by atoms with Gasteiger partial charge in [-0.1, -0.05) is 12.1 Å². The number of hydrogen-bond donors (Lipinski definition) is 3. The summed E-state index contributed by atoms with van der Waals surface area (Å²) in [6.07, 6.45) is 0. The van der Waals surface area contributed by atoms with Crippen LogP contribution in [0.2, 0.25) is 0 Å². The van der Waals surface area contributed by atoms with Gasteiger partial charge in [-0.3, -0.25) is 4.79 Å². The monoisotopic (exact) mass is 266 g/mol. The number of nitrogens with one attached hydrogen (secondary N) is 1. The molecule has 18 heavy (non-hydrogen) atoms. The fourth-order valence-electron chi connectivity index (χ4n) is 1.49. The molecule has 0 saturated heterocycles. The van der Waals surface area contributed by atoms with Gasteiger partial charge < -0.3 is 16.8 Å². The van der Waals surface area contributed by atoms with Gasteiger partial charge in [0.05, 0.1) is 0 Å². The van der Waals surface area contributed by atoms with Gasteiger partial charge in [0.1, 0.15) is 16.4 Å². The van der Waals surface area contributed by atoms with E-state index in [2.05, 4.69) is 9.69 Å². The molecule has 7 heteroatoms. The van der Waals surface area contributed by atoms with E-state index in [1.54, 1.807) is 12.1 Å². The Hall–Kier alpha value is -2.15. The Bertz CT molecular complexity index is 584. The first-order valence-electron chi connectivity index (χ1n) is 5.11. The Morgan fingerprint density at radius 1 is 1.50 bits per heavy atom. The van der Waals surface area contributed by atoms with Crippen LogP contribution >= 0.6 is 11.5 Å². The number of nitrogens with zero attached hydrogens (tertiary/aromatic N) is 1. The number of carbonyl (C=O) groups is 1. The van der Waals surface area contributed by atoms with Crippen molar-refractivity contribution in [2.75, 3.05) is 11.1 Å². The van der Waals surface area contributed by atoms with E-state index in [4.69, 9.17) is 11.5 Å². The predicted molar refractivity (Wildman–Crippen MR) is 68.8 cm³/mol. The second-order valence-corrected chi connectivity index (χ2v) is 4.39. The highest BCUT2D eigenvalue weighted by Gasteiger charge is 2.16. The lowest BCUT2D eigenvalue weighted by Crippen LogP contribution is -2.14. The average Bonchev–Trinajstić information content (AvgIpc) is 2.68. The molecule has 0 unspecified atom stereocenters. The Kier molecular flexibility index (Phi) is 3.42. The van der Waals surface area contributed by atoms with Crippen LogP contribution in [-0.2, 0) is 6.54 Å². The highest BCUT2D eigenvalue weighted by atomic mass is 32.1. The van der Waals surface area contributed by atoms with Crippen LogP contribution in [0.4, 0.5) is 15.2 Å². The Labute approximate surface area is 107 Å². The average molecular weight is 266 g/mol. The highest BCUT2D eigenvalue weighted by molar-refractivity contribution is 7.11. The molecule has 0 spiro atoms. The maximum absolute atomic E-state index is 13.0. The largest absolute Gasteiger partial charge is 0.382 e. The van der Waals surface area contributed by atoms with Crippen LogP contribution in [0.5, 0.6) is 0 Å². The molecule has 0 radical (unpaired) electrons. The van der Waals surface area contributed by atoms with E-state index in [-0.39, 0.29) is 17.2 Å². The summed E-state index contributed by atoms with van der Waals surface area (Å²) >= 11 is 1.05. The fraction of sp³-hybridized carbons (Fsp3) is 0.0909. The van der Waals surface area contributed by atoms with Crippen LogP contribution in [0.15, 0.2) is 24.3 Å². The number of aromatic nitrogens is 1. The summed E-state index contributed by atoms with van der Waals surface area (Å²) < 4.78 is 16.8. The summed E-state index contributed by atoms with van der Waals surface area (Å²) in [4.78, 5) is 11.2. The van der Waals surface area contributed by atoms with Gasteiger partial charge in [0.2, 0.25) is 0 Å². The van der Waals surface area contributed by atoms with Gasteiger partial charge >= 0.3 is 0 Å². The molecule has 0 aliphatic heterocycles. The molecular formula is C11H11FN4OS.